The average Bonchev–Trinajstić information content (AvgIpc) is 3.95. The zero-order valence-electron chi connectivity index (χ0n) is 28.8. The van der Waals surface area contributed by atoms with Crippen LogP contribution in [0.5, 0.6) is 5.75 Å². The molecule has 2 heterocycles. The van der Waals surface area contributed by atoms with E-state index in [1.54, 1.807) is 4.90 Å². The number of piperazine rings is 1. The van der Waals surface area contributed by atoms with E-state index in [1.807, 2.05) is 36.1 Å². The number of carbonyl (C=O) groups excluding carboxylic acids is 2. The molecule has 270 valence electrons. The van der Waals surface area contributed by atoms with Crippen molar-refractivity contribution in [1.29, 1.82) is 0 Å². The molecule has 1 aliphatic carbocycles. The molecule has 1 saturated carbocycles. The molecule has 0 spiro atoms. The van der Waals surface area contributed by atoms with Crippen molar-refractivity contribution in [1.82, 2.24) is 15.1 Å². The molecule has 2 atom stereocenters. The Morgan fingerprint density at radius 1 is 0.882 bits per heavy atom. The molecule has 6 rings (SSSR count). The monoisotopic (exact) mass is 703 g/mol. The number of rotatable bonds is 15. The number of ether oxygens (including phenoxy) is 1. The second-order valence-electron chi connectivity index (χ2n) is 13.8. The SMILES string of the molecule is Cc1ccc(CCN(C(=O)C2=C(c3ccc(CCCOc4c(F)ccc(F)c4F)cc3)CC3CN(C(=O)CCCC(=O)O)CC2N3)C2CC2)cc1. The number of carbonyl (C=O) groups is 3. The summed E-state index contributed by atoms with van der Waals surface area (Å²) in [5.41, 5.74) is 5.87. The Morgan fingerprint density at radius 2 is 1.57 bits per heavy atom. The number of hydrogen-bond donors (Lipinski definition) is 2. The average molecular weight is 704 g/mol. The number of carboxylic acid groups (broad SMARTS) is 1. The van der Waals surface area contributed by atoms with Crippen molar-refractivity contribution in [3.8, 4) is 5.75 Å². The van der Waals surface area contributed by atoms with Crippen LogP contribution in [0.2, 0.25) is 0 Å². The van der Waals surface area contributed by atoms with Gasteiger partial charge in [-0.15, -0.1) is 0 Å². The van der Waals surface area contributed by atoms with E-state index in [-0.39, 0.29) is 55.8 Å². The topological polar surface area (TPSA) is 99.2 Å². The quantitative estimate of drug-likeness (QED) is 0.144. The molecule has 2 fully saturated rings. The largest absolute Gasteiger partial charge is 0.488 e. The lowest BCUT2D eigenvalue weighted by atomic mass is 9.82. The zero-order chi connectivity index (χ0) is 36.1. The Hall–Kier alpha value is -4.64. The molecule has 3 aromatic carbocycles. The molecule has 3 aliphatic rings. The Labute approximate surface area is 296 Å². The lowest BCUT2D eigenvalue weighted by Crippen LogP contribution is -2.62. The van der Waals surface area contributed by atoms with Gasteiger partial charge in [-0.05, 0) is 86.3 Å². The minimum absolute atomic E-state index is 0.00297. The van der Waals surface area contributed by atoms with E-state index in [2.05, 4.69) is 29.6 Å². The zero-order valence-corrected chi connectivity index (χ0v) is 28.8. The summed E-state index contributed by atoms with van der Waals surface area (Å²) in [5, 5.41) is 12.7. The maximum absolute atomic E-state index is 14.7. The van der Waals surface area contributed by atoms with Crippen LogP contribution >= 0.6 is 0 Å². The number of fused-ring (bicyclic) bond motifs is 2. The fourth-order valence-electron chi connectivity index (χ4n) is 7.08. The summed E-state index contributed by atoms with van der Waals surface area (Å²) < 4.78 is 46.6. The van der Waals surface area contributed by atoms with Crippen molar-refractivity contribution >= 4 is 23.4 Å². The first-order valence-electron chi connectivity index (χ1n) is 17.8. The summed E-state index contributed by atoms with van der Waals surface area (Å²) in [5.74, 6) is -5.23. The highest BCUT2D eigenvalue weighted by molar-refractivity contribution is 6.03. The van der Waals surface area contributed by atoms with E-state index >= 15 is 0 Å². The minimum atomic E-state index is -1.34. The summed E-state index contributed by atoms with van der Waals surface area (Å²) in [6.07, 6.45) is 4.54. The number of nitrogens with one attached hydrogen (secondary N) is 1. The number of aliphatic carboxylic acids is 1. The van der Waals surface area contributed by atoms with Crippen LogP contribution in [0.15, 0.2) is 66.2 Å². The molecule has 2 aliphatic heterocycles. The molecule has 2 unspecified atom stereocenters. The van der Waals surface area contributed by atoms with Gasteiger partial charge in [0.15, 0.2) is 17.4 Å². The summed E-state index contributed by atoms with van der Waals surface area (Å²) in [6, 6.07) is 17.6. The van der Waals surface area contributed by atoms with Crippen molar-refractivity contribution in [2.75, 3.05) is 26.2 Å². The van der Waals surface area contributed by atoms with Crippen molar-refractivity contribution in [3.05, 3.63) is 106 Å². The first-order chi connectivity index (χ1) is 24.6. The van der Waals surface area contributed by atoms with Gasteiger partial charge in [-0.3, -0.25) is 14.4 Å². The first kappa shape index (κ1) is 36.2. The fourth-order valence-corrected chi connectivity index (χ4v) is 7.08. The van der Waals surface area contributed by atoms with Gasteiger partial charge in [-0.1, -0.05) is 54.1 Å². The second-order valence-corrected chi connectivity index (χ2v) is 13.8. The third-order valence-electron chi connectivity index (χ3n) is 9.94. The molecule has 0 radical (unpaired) electrons. The molecular weight excluding hydrogens is 659 g/mol. The van der Waals surface area contributed by atoms with Crippen LogP contribution in [0.25, 0.3) is 5.57 Å². The maximum Gasteiger partial charge on any atom is 0.303 e. The van der Waals surface area contributed by atoms with Gasteiger partial charge in [0.2, 0.25) is 11.7 Å². The van der Waals surface area contributed by atoms with Crippen LogP contribution < -0.4 is 10.1 Å². The molecule has 11 heteroatoms. The molecule has 8 nitrogen and oxygen atoms in total. The summed E-state index contributed by atoms with van der Waals surface area (Å²) >= 11 is 0. The van der Waals surface area contributed by atoms with Crippen molar-refractivity contribution in [2.45, 2.75) is 82.8 Å². The summed E-state index contributed by atoms with van der Waals surface area (Å²) in [6.45, 7) is 3.43. The van der Waals surface area contributed by atoms with E-state index in [9.17, 15) is 27.6 Å². The van der Waals surface area contributed by atoms with Gasteiger partial charge in [-0.2, -0.15) is 4.39 Å². The minimum Gasteiger partial charge on any atom is -0.488 e. The Morgan fingerprint density at radius 3 is 2.27 bits per heavy atom. The van der Waals surface area contributed by atoms with E-state index in [0.717, 1.165) is 53.7 Å². The smallest absolute Gasteiger partial charge is 0.303 e. The third-order valence-corrected chi connectivity index (χ3v) is 9.94. The van der Waals surface area contributed by atoms with Crippen LogP contribution in [0, 0.1) is 24.4 Å². The molecule has 1 saturated heterocycles. The van der Waals surface area contributed by atoms with E-state index in [0.29, 0.717) is 44.5 Å². The Bertz CT molecular complexity index is 1770. The van der Waals surface area contributed by atoms with Gasteiger partial charge in [0, 0.05) is 50.1 Å². The molecule has 51 heavy (non-hydrogen) atoms. The Kier molecular flexibility index (Phi) is 11.4. The van der Waals surface area contributed by atoms with Gasteiger partial charge in [0.25, 0.3) is 5.91 Å². The molecule has 3 aromatic rings. The lowest BCUT2D eigenvalue weighted by Gasteiger charge is -2.45. The number of amides is 2. The molecule has 2 N–H and O–H groups in total. The fraction of sp³-hybridized carbons (Fsp3) is 0.425. The van der Waals surface area contributed by atoms with E-state index in [1.165, 1.54) is 5.56 Å². The number of benzene rings is 3. The van der Waals surface area contributed by atoms with Crippen LogP contribution in [-0.4, -0.2) is 77.1 Å². The van der Waals surface area contributed by atoms with Crippen molar-refractivity contribution in [3.63, 3.8) is 0 Å². The number of hydrogen-bond acceptors (Lipinski definition) is 5. The normalized spacial score (nSPS) is 18.5. The van der Waals surface area contributed by atoms with Gasteiger partial charge in [0.05, 0.1) is 12.6 Å². The highest BCUT2D eigenvalue weighted by atomic mass is 19.2. The molecule has 2 bridgehead atoms. The highest BCUT2D eigenvalue weighted by Gasteiger charge is 2.43. The standard InChI is InChI=1S/C40H44F3N3O5/c1-25-7-9-27(10-8-25)19-20-46(30-15-16-30)40(50)37-31(22-29-23-45(24-34(37)44-29)35(47)5-2-6-36(48)49)28-13-11-26(12-14-28)4-3-21-51-39-33(42)18-17-32(41)38(39)43/h7-14,17-18,29-30,34,44H,2-6,15-16,19-24H2,1H3,(H,48,49). The van der Waals surface area contributed by atoms with Crippen LogP contribution in [0.1, 0.15) is 67.2 Å². The molecule has 2 amide bonds. The number of nitrogens with zero attached hydrogens (tertiary/aromatic N) is 2. The van der Waals surface area contributed by atoms with Crippen LogP contribution in [-0.2, 0) is 27.2 Å². The van der Waals surface area contributed by atoms with Crippen molar-refractivity contribution in [2.24, 2.45) is 0 Å². The van der Waals surface area contributed by atoms with Gasteiger partial charge < -0.3 is 25.0 Å². The maximum atomic E-state index is 14.7. The van der Waals surface area contributed by atoms with Gasteiger partial charge >= 0.3 is 5.97 Å². The summed E-state index contributed by atoms with van der Waals surface area (Å²) in [4.78, 5) is 42.7. The van der Waals surface area contributed by atoms with E-state index < -0.39 is 29.2 Å². The lowest BCUT2D eigenvalue weighted by molar-refractivity contribution is -0.138. The summed E-state index contributed by atoms with van der Waals surface area (Å²) in [7, 11) is 0. The predicted molar refractivity (Wildman–Crippen MR) is 187 cm³/mol. The molecule has 0 aromatic heterocycles. The van der Waals surface area contributed by atoms with Crippen LogP contribution in [0.3, 0.4) is 0 Å². The van der Waals surface area contributed by atoms with Crippen molar-refractivity contribution < 1.29 is 37.4 Å². The first-order valence-corrected chi connectivity index (χ1v) is 17.8. The Balaban J connectivity index is 1.20. The van der Waals surface area contributed by atoms with Gasteiger partial charge in [-0.25, -0.2) is 8.78 Å². The number of carboxylic acids is 1. The molecular formula is C40H44F3N3O5. The van der Waals surface area contributed by atoms with Gasteiger partial charge in [0.1, 0.15) is 0 Å². The number of aryl methyl sites for hydroxylation is 2. The second kappa shape index (κ2) is 16.1. The predicted octanol–water partition coefficient (Wildman–Crippen LogP) is 6.24. The third kappa shape index (κ3) is 9.00. The van der Waals surface area contributed by atoms with E-state index in [4.69, 9.17) is 9.84 Å². The number of halogens is 3. The van der Waals surface area contributed by atoms with Crippen LogP contribution in [0.4, 0.5) is 13.2 Å². The highest BCUT2D eigenvalue weighted by Crippen LogP contribution is 2.37.